The van der Waals surface area contributed by atoms with E-state index in [2.05, 4.69) is 22.4 Å². The van der Waals surface area contributed by atoms with Gasteiger partial charge in [-0.3, -0.25) is 9.89 Å². The third-order valence-electron chi connectivity index (χ3n) is 3.61. The highest BCUT2D eigenvalue weighted by atomic mass is 32.2. The van der Waals surface area contributed by atoms with Crippen molar-refractivity contribution in [3.63, 3.8) is 0 Å². The summed E-state index contributed by atoms with van der Waals surface area (Å²) in [5.41, 5.74) is 1.39. The number of para-hydroxylation sites is 1. The Labute approximate surface area is 116 Å². The highest BCUT2D eigenvalue weighted by Gasteiger charge is 2.30. The Morgan fingerprint density at radius 2 is 2.37 bits per heavy atom. The first-order valence-corrected chi connectivity index (χ1v) is 7.52. The number of carbonyl (C=O) groups is 1. The molecule has 2 heterocycles. The normalized spacial score (nSPS) is 22.8. The van der Waals surface area contributed by atoms with Gasteiger partial charge >= 0.3 is 0 Å². The standard InChI is InChI=1S/C14H17N3OS/c1-14(7-4-8-19-14)9-15-13(18)12-10-5-2-3-6-11(10)16-17-12/h2-3,5-6H,4,7-9H2,1H3,(H,15,18)(H,16,17). The minimum absolute atomic E-state index is 0.0915. The molecule has 1 amide bonds. The van der Waals surface area contributed by atoms with Gasteiger partial charge in [-0.05, 0) is 31.6 Å². The van der Waals surface area contributed by atoms with Gasteiger partial charge in [-0.25, -0.2) is 0 Å². The van der Waals surface area contributed by atoms with Crippen molar-refractivity contribution in [3.05, 3.63) is 30.0 Å². The van der Waals surface area contributed by atoms with E-state index in [0.29, 0.717) is 12.2 Å². The van der Waals surface area contributed by atoms with E-state index in [0.717, 1.165) is 10.9 Å². The molecule has 1 aromatic carbocycles. The summed E-state index contributed by atoms with van der Waals surface area (Å²) < 4.78 is 0.182. The van der Waals surface area contributed by atoms with Crippen LogP contribution in [0, 0.1) is 0 Å². The van der Waals surface area contributed by atoms with Gasteiger partial charge in [0.15, 0.2) is 5.69 Å². The van der Waals surface area contributed by atoms with Gasteiger partial charge in [0.25, 0.3) is 5.91 Å². The van der Waals surface area contributed by atoms with Crippen molar-refractivity contribution in [1.82, 2.24) is 15.5 Å². The second-order valence-corrected chi connectivity index (χ2v) is 6.88. The van der Waals surface area contributed by atoms with Gasteiger partial charge in [0.1, 0.15) is 0 Å². The summed E-state index contributed by atoms with van der Waals surface area (Å²) in [7, 11) is 0. The molecule has 19 heavy (non-hydrogen) atoms. The highest BCUT2D eigenvalue weighted by Crippen LogP contribution is 2.37. The lowest BCUT2D eigenvalue weighted by Crippen LogP contribution is -2.36. The Morgan fingerprint density at radius 1 is 1.53 bits per heavy atom. The lowest BCUT2D eigenvalue weighted by molar-refractivity contribution is 0.0946. The molecule has 5 heteroatoms. The van der Waals surface area contributed by atoms with Crippen LogP contribution in [0.3, 0.4) is 0 Å². The summed E-state index contributed by atoms with van der Waals surface area (Å²) in [6.45, 7) is 2.92. The van der Waals surface area contributed by atoms with Crippen LogP contribution in [0.1, 0.15) is 30.3 Å². The largest absolute Gasteiger partial charge is 0.349 e. The predicted octanol–water partition coefficient (Wildman–Crippen LogP) is 2.58. The molecule has 1 aliphatic rings. The molecule has 4 nitrogen and oxygen atoms in total. The van der Waals surface area contributed by atoms with Gasteiger partial charge in [0.2, 0.25) is 0 Å². The number of nitrogens with zero attached hydrogens (tertiary/aromatic N) is 1. The number of hydrogen-bond acceptors (Lipinski definition) is 3. The molecule has 1 unspecified atom stereocenters. The summed E-state index contributed by atoms with van der Waals surface area (Å²) >= 11 is 1.94. The predicted molar refractivity (Wildman–Crippen MR) is 78.5 cm³/mol. The van der Waals surface area contributed by atoms with Crippen LogP contribution in [0.5, 0.6) is 0 Å². The summed E-state index contributed by atoms with van der Waals surface area (Å²) in [5, 5.41) is 10.9. The van der Waals surface area contributed by atoms with E-state index in [1.54, 1.807) is 0 Å². The topological polar surface area (TPSA) is 57.8 Å². The Kier molecular flexibility index (Phi) is 3.22. The van der Waals surface area contributed by atoms with Crippen LogP contribution in [0.4, 0.5) is 0 Å². The maximum absolute atomic E-state index is 12.2. The summed E-state index contributed by atoms with van der Waals surface area (Å²) in [5.74, 6) is 1.10. The molecule has 3 rings (SSSR count). The Hall–Kier alpha value is -1.49. The smallest absolute Gasteiger partial charge is 0.272 e. The Balaban J connectivity index is 1.73. The van der Waals surface area contributed by atoms with E-state index in [4.69, 9.17) is 0 Å². The monoisotopic (exact) mass is 275 g/mol. The maximum Gasteiger partial charge on any atom is 0.272 e. The molecule has 0 spiro atoms. The molecule has 100 valence electrons. The molecule has 1 atom stereocenters. The molecular formula is C14H17N3OS. The van der Waals surface area contributed by atoms with Crippen LogP contribution >= 0.6 is 11.8 Å². The quantitative estimate of drug-likeness (QED) is 0.905. The lowest BCUT2D eigenvalue weighted by atomic mass is 10.1. The van der Waals surface area contributed by atoms with E-state index in [1.165, 1.54) is 18.6 Å². The van der Waals surface area contributed by atoms with Crippen LogP contribution in [0.2, 0.25) is 0 Å². The van der Waals surface area contributed by atoms with E-state index < -0.39 is 0 Å². The number of benzene rings is 1. The Bertz CT molecular complexity index is 602. The zero-order chi connectivity index (χ0) is 13.3. The first-order valence-electron chi connectivity index (χ1n) is 6.53. The molecular weight excluding hydrogens is 258 g/mol. The van der Waals surface area contributed by atoms with Gasteiger partial charge in [-0.15, -0.1) is 0 Å². The highest BCUT2D eigenvalue weighted by molar-refractivity contribution is 8.00. The third-order valence-corrected chi connectivity index (χ3v) is 5.15. The molecule has 1 aliphatic heterocycles. The van der Waals surface area contributed by atoms with Crippen molar-refractivity contribution < 1.29 is 4.79 Å². The van der Waals surface area contributed by atoms with Crippen molar-refractivity contribution in [2.24, 2.45) is 0 Å². The molecule has 2 N–H and O–H groups in total. The second kappa shape index (κ2) is 4.89. The van der Waals surface area contributed by atoms with E-state index >= 15 is 0 Å². The number of amides is 1. The molecule has 0 radical (unpaired) electrons. The number of nitrogens with one attached hydrogen (secondary N) is 2. The third kappa shape index (κ3) is 2.47. The van der Waals surface area contributed by atoms with E-state index in [1.807, 2.05) is 36.0 Å². The number of H-pyrrole nitrogens is 1. The average molecular weight is 275 g/mol. The fourth-order valence-electron chi connectivity index (χ4n) is 2.46. The zero-order valence-electron chi connectivity index (χ0n) is 10.9. The molecule has 1 fully saturated rings. The minimum Gasteiger partial charge on any atom is -0.349 e. The molecule has 1 aromatic heterocycles. The van der Waals surface area contributed by atoms with Gasteiger partial charge in [0, 0.05) is 16.7 Å². The van der Waals surface area contributed by atoms with Crippen molar-refractivity contribution in [2.75, 3.05) is 12.3 Å². The first kappa shape index (κ1) is 12.5. The zero-order valence-corrected chi connectivity index (χ0v) is 11.7. The Morgan fingerprint density at radius 3 is 3.16 bits per heavy atom. The van der Waals surface area contributed by atoms with Crippen molar-refractivity contribution >= 4 is 28.6 Å². The number of rotatable bonds is 3. The number of carbonyl (C=O) groups excluding carboxylic acids is 1. The molecule has 1 saturated heterocycles. The first-order chi connectivity index (χ1) is 9.18. The second-order valence-electron chi connectivity index (χ2n) is 5.20. The van der Waals surface area contributed by atoms with Crippen molar-refractivity contribution in [2.45, 2.75) is 24.5 Å². The van der Waals surface area contributed by atoms with Gasteiger partial charge in [-0.2, -0.15) is 16.9 Å². The van der Waals surface area contributed by atoms with Crippen LogP contribution in [0.25, 0.3) is 10.9 Å². The van der Waals surface area contributed by atoms with Gasteiger partial charge in [-0.1, -0.05) is 18.2 Å². The van der Waals surface area contributed by atoms with Crippen LogP contribution in [0.15, 0.2) is 24.3 Å². The lowest BCUT2D eigenvalue weighted by Gasteiger charge is -2.22. The number of aromatic nitrogens is 2. The molecule has 2 aromatic rings. The van der Waals surface area contributed by atoms with E-state index in [9.17, 15) is 4.79 Å². The van der Waals surface area contributed by atoms with Crippen LogP contribution < -0.4 is 5.32 Å². The SMILES string of the molecule is CC1(CNC(=O)c2n[nH]c3ccccc23)CCCS1. The fourth-order valence-corrected chi connectivity index (χ4v) is 3.71. The number of thioether (sulfide) groups is 1. The van der Waals surface area contributed by atoms with Crippen LogP contribution in [-0.2, 0) is 0 Å². The van der Waals surface area contributed by atoms with Crippen LogP contribution in [-0.4, -0.2) is 33.1 Å². The van der Waals surface area contributed by atoms with Crippen molar-refractivity contribution in [3.8, 4) is 0 Å². The number of hydrogen-bond donors (Lipinski definition) is 2. The van der Waals surface area contributed by atoms with Crippen molar-refractivity contribution in [1.29, 1.82) is 0 Å². The number of fused-ring (bicyclic) bond motifs is 1. The summed E-state index contributed by atoms with van der Waals surface area (Å²) in [4.78, 5) is 12.2. The molecule has 0 bridgehead atoms. The number of aromatic amines is 1. The molecule has 0 aliphatic carbocycles. The minimum atomic E-state index is -0.0915. The maximum atomic E-state index is 12.2. The fraction of sp³-hybridized carbons (Fsp3) is 0.429. The van der Waals surface area contributed by atoms with E-state index in [-0.39, 0.29) is 10.7 Å². The summed E-state index contributed by atoms with van der Waals surface area (Å²) in [6, 6.07) is 7.69. The van der Waals surface area contributed by atoms with Gasteiger partial charge in [0.05, 0.1) is 5.52 Å². The summed E-state index contributed by atoms with van der Waals surface area (Å²) in [6.07, 6.45) is 2.40. The molecule has 0 saturated carbocycles. The average Bonchev–Trinajstić information content (AvgIpc) is 3.03. The van der Waals surface area contributed by atoms with Gasteiger partial charge < -0.3 is 5.32 Å².